The lowest BCUT2D eigenvalue weighted by atomic mass is 10.1. The van der Waals surface area contributed by atoms with Crippen LogP contribution in [-0.2, 0) is 0 Å². The Bertz CT molecular complexity index is 358. The zero-order chi connectivity index (χ0) is 14.3. The van der Waals surface area contributed by atoms with Gasteiger partial charge < -0.3 is 10.0 Å². The Hall–Kier alpha value is -0.220. The summed E-state index contributed by atoms with van der Waals surface area (Å²) in [5.74, 6) is 1.19. The van der Waals surface area contributed by atoms with Gasteiger partial charge in [-0.1, -0.05) is 23.7 Å². The number of nitrogens with zero attached hydrogens (tertiary/aromatic N) is 1. The van der Waals surface area contributed by atoms with Crippen molar-refractivity contribution in [2.45, 2.75) is 31.9 Å². The van der Waals surface area contributed by atoms with Crippen LogP contribution in [0.3, 0.4) is 0 Å². The first-order valence-electron chi connectivity index (χ1n) is 6.67. The Morgan fingerprint density at radius 3 is 2.47 bits per heavy atom. The van der Waals surface area contributed by atoms with E-state index >= 15 is 0 Å². The van der Waals surface area contributed by atoms with Crippen molar-refractivity contribution in [2.24, 2.45) is 0 Å². The minimum Gasteiger partial charge on any atom is -0.388 e. The number of aliphatic hydroxyl groups excluding tert-OH is 1. The lowest BCUT2D eigenvalue weighted by Crippen LogP contribution is -2.31. The van der Waals surface area contributed by atoms with Crippen molar-refractivity contribution in [2.75, 3.05) is 25.6 Å². The zero-order valence-corrected chi connectivity index (χ0v) is 13.5. The van der Waals surface area contributed by atoms with Crippen LogP contribution in [0, 0.1) is 0 Å². The van der Waals surface area contributed by atoms with E-state index in [4.69, 9.17) is 11.6 Å². The van der Waals surface area contributed by atoms with Crippen molar-refractivity contribution in [3.63, 3.8) is 0 Å². The predicted octanol–water partition coefficient (Wildman–Crippen LogP) is 3.84. The summed E-state index contributed by atoms with van der Waals surface area (Å²) in [6.45, 7) is 3.14. The van der Waals surface area contributed by atoms with E-state index in [0.29, 0.717) is 11.1 Å². The highest BCUT2D eigenvalue weighted by Gasteiger charge is 2.12. The van der Waals surface area contributed by atoms with Gasteiger partial charge in [0.1, 0.15) is 0 Å². The Morgan fingerprint density at radius 2 is 1.89 bits per heavy atom. The van der Waals surface area contributed by atoms with E-state index in [1.807, 2.05) is 36.0 Å². The quantitative estimate of drug-likeness (QED) is 0.789. The summed E-state index contributed by atoms with van der Waals surface area (Å²) < 4.78 is 0. The molecule has 0 spiro atoms. The summed E-state index contributed by atoms with van der Waals surface area (Å²) in [6.07, 6.45) is 3.67. The molecule has 1 rings (SSSR count). The predicted molar refractivity (Wildman–Crippen MR) is 86.1 cm³/mol. The number of benzene rings is 1. The summed E-state index contributed by atoms with van der Waals surface area (Å²) in [5, 5.41) is 10.9. The van der Waals surface area contributed by atoms with Crippen molar-refractivity contribution in [3.8, 4) is 0 Å². The largest absolute Gasteiger partial charge is 0.388 e. The maximum Gasteiger partial charge on any atom is 0.0802 e. The summed E-state index contributed by atoms with van der Waals surface area (Å²) in [7, 11) is 2.12. The molecule has 0 heterocycles. The average molecular weight is 302 g/mol. The number of halogens is 1. The molecule has 0 aliphatic rings. The Kier molecular flexibility index (Phi) is 7.84. The van der Waals surface area contributed by atoms with Gasteiger partial charge in [-0.3, -0.25) is 0 Å². The summed E-state index contributed by atoms with van der Waals surface area (Å²) in [4.78, 5) is 2.31. The Balaban J connectivity index is 2.36. The third kappa shape index (κ3) is 6.17. The first-order valence-corrected chi connectivity index (χ1v) is 8.44. The maximum absolute atomic E-state index is 10.1. The normalized spacial score (nSPS) is 14.6. The Morgan fingerprint density at radius 1 is 1.26 bits per heavy atom. The number of thioether (sulfide) groups is 1. The van der Waals surface area contributed by atoms with Gasteiger partial charge in [0.2, 0.25) is 0 Å². The maximum atomic E-state index is 10.1. The van der Waals surface area contributed by atoms with E-state index in [-0.39, 0.29) is 0 Å². The zero-order valence-electron chi connectivity index (χ0n) is 12.0. The molecule has 4 heteroatoms. The van der Waals surface area contributed by atoms with Crippen LogP contribution in [0.2, 0.25) is 5.02 Å². The van der Waals surface area contributed by atoms with E-state index in [1.54, 1.807) is 0 Å². The summed E-state index contributed by atoms with van der Waals surface area (Å²) in [6, 6.07) is 7.99. The monoisotopic (exact) mass is 301 g/mol. The van der Waals surface area contributed by atoms with Gasteiger partial charge in [0.15, 0.2) is 0 Å². The molecular formula is C15H24ClNOS. The molecule has 0 bridgehead atoms. The van der Waals surface area contributed by atoms with Crippen LogP contribution in [0.25, 0.3) is 0 Å². The van der Waals surface area contributed by atoms with E-state index in [2.05, 4.69) is 25.1 Å². The van der Waals surface area contributed by atoms with Crippen LogP contribution in [0.1, 0.15) is 31.4 Å². The number of rotatable bonds is 8. The van der Waals surface area contributed by atoms with Crippen molar-refractivity contribution in [3.05, 3.63) is 34.9 Å². The molecule has 0 radical (unpaired) electrons. The van der Waals surface area contributed by atoms with Crippen molar-refractivity contribution in [1.29, 1.82) is 0 Å². The fraction of sp³-hybridized carbons (Fsp3) is 0.600. The van der Waals surface area contributed by atoms with Crippen LogP contribution in [-0.4, -0.2) is 41.6 Å². The number of hydrogen-bond acceptors (Lipinski definition) is 3. The van der Waals surface area contributed by atoms with Crippen molar-refractivity contribution in [1.82, 2.24) is 4.90 Å². The molecule has 2 nitrogen and oxygen atoms in total. The molecule has 0 fully saturated rings. The van der Waals surface area contributed by atoms with Crippen molar-refractivity contribution >= 4 is 23.4 Å². The van der Waals surface area contributed by atoms with E-state index in [1.165, 1.54) is 12.2 Å². The molecule has 1 aromatic carbocycles. The molecule has 0 aromatic heterocycles. The van der Waals surface area contributed by atoms with Gasteiger partial charge in [-0.2, -0.15) is 11.8 Å². The SMILES string of the molecule is CSCCC(C)N(C)CCC(O)c1ccc(Cl)cc1. The van der Waals surface area contributed by atoms with Gasteiger partial charge in [0, 0.05) is 17.6 Å². The molecule has 1 N–H and O–H groups in total. The molecule has 1 aromatic rings. The minimum atomic E-state index is -0.410. The molecule has 2 unspecified atom stereocenters. The van der Waals surface area contributed by atoms with Gasteiger partial charge in [0.25, 0.3) is 0 Å². The summed E-state index contributed by atoms with van der Waals surface area (Å²) >= 11 is 7.72. The molecule has 2 atom stereocenters. The summed E-state index contributed by atoms with van der Waals surface area (Å²) in [5.41, 5.74) is 0.939. The molecule has 0 amide bonds. The lowest BCUT2D eigenvalue weighted by Gasteiger charge is -2.25. The fourth-order valence-corrected chi connectivity index (χ4v) is 2.61. The van der Waals surface area contributed by atoms with E-state index in [9.17, 15) is 5.11 Å². The second kappa shape index (κ2) is 8.85. The molecule has 0 saturated carbocycles. The van der Waals surface area contributed by atoms with Gasteiger partial charge in [-0.15, -0.1) is 0 Å². The highest BCUT2D eigenvalue weighted by molar-refractivity contribution is 7.98. The molecule has 0 aliphatic heterocycles. The number of aliphatic hydroxyl groups is 1. The highest BCUT2D eigenvalue weighted by Crippen LogP contribution is 2.19. The molecule has 0 saturated heterocycles. The molecular weight excluding hydrogens is 278 g/mol. The van der Waals surface area contributed by atoms with E-state index in [0.717, 1.165) is 18.5 Å². The first kappa shape index (κ1) is 16.8. The average Bonchev–Trinajstić information content (AvgIpc) is 2.42. The van der Waals surface area contributed by atoms with Gasteiger partial charge in [0.05, 0.1) is 6.10 Å². The van der Waals surface area contributed by atoms with Crippen LogP contribution in [0.5, 0.6) is 0 Å². The molecule has 19 heavy (non-hydrogen) atoms. The first-order chi connectivity index (χ1) is 9.04. The highest BCUT2D eigenvalue weighted by atomic mass is 35.5. The van der Waals surface area contributed by atoms with E-state index < -0.39 is 6.10 Å². The topological polar surface area (TPSA) is 23.5 Å². The van der Waals surface area contributed by atoms with Gasteiger partial charge in [-0.25, -0.2) is 0 Å². The minimum absolute atomic E-state index is 0.410. The smallest absolute Gasteiger partial charge is 0.0802 e. The third-order valence-corrected chi connectivity index (χ3v) is 4.40. The standard InChI is InChI=1S/C15H24ClNOS/c1-12(9-11-19-3)17(2)10-8-15(18)13-4-6-14(16)7-5-13/h4-7,12,15,18H,8-11H2,1-3H3. The van der Waals surface area contributed by atoms with Gasteiger partial charge in [-0.05, 0) is 56.5 Å². The Labute approximate surface area is 126 Å². The van der Waals surface area contributed by atoms with Crippen LogP contribution < -0.4 is 0 Å². The molecule has 0 aliphatic carbocycles. The van der Waals surface area contributed by atoms with Gasteiger partial charge >= 0.3 is 0 Å². The third-order valence-electron chi connectivity index (χ3n) is 3.50. The van der Waals surface area contributed by atoms with Crippen LogP contribution in [0.15, 0.2) is 24.3 Å². The lowest BCUT2D eigenvalue weighted by molar-refractivity contribution is 0.138. The fourth-order valence-electron chi connectivity index (χ4n) is 1.91. The van der Waals surface area contributed by atoms with Crippen molar-refractivity contribution < 1.29 is 5.11 Å². The molecule has 108 valence electrons. The second-order valence-electron chi connectivity index (χ2n) is 4.97. The second-order valence-corrected chi connectivity index (χ2v) is 6.39. The number of hydrogen-bond donors (Lipinski definition) is 1. The van der Waals surface area contributed by atoms with Crippen LogP contribution >= 0.6 is 23.4 Å². The van der Waals surface area contributed by atoms with Crippen LogP contribution in [0.4, 0.5) is 0 Å².